The SMILES string of the molecule is CC(=O)NC1C(Oc2ccc(Cl)cc2Cl)OC2COC(c3ccco3)OC2C1O. The summed E-state index contributed by atoms with van der Waals surface area (Å²) < 4.78 is 28.6. The summed E-state index contributed by atoms with van der Waals surface area (Å²) in [6, 6.07) is 7.23. The van der Waals surface area contributed by atoms with Crippen molar-refractivity contribution in [3.63, 3.8) is 0 Å². The Labute approximate surface area is 176 Å². The van der Waals surface area contributed by atoms with E-state index in [2.05, 4.69) is 5.32 Å². The molecule has 0 aliphatic carbocycles. The fourth-order valence-electron chi connectivity index (χ4n) is 3.35. The zero-order chi connectivity index (χ0) is 20.5. The fraction of sp³-hybridized carbons (Fsp3) is 0.421. The molecule has 4 rings (SSSR count). The van der Waals surface area contributed by atoms with E-state index in [4.69, 9.17) is 46.6 Å². The average Bonchev–Trinajstić information content (AvgIpc) is 3.21. The average molecular weight is 444 g/mol. The highest BCUT2D eigenvalue weighted by atomic mass is 35.5. The minimum Gasteiger partial charge on any atom is -0.464 e. The summed E-state index contributed by atoms with van der Waals surface area (Å²) in [6.45, 7) is 1.47. The Kier molecular flexibility index (Phi) is 6.00. The van der Waals surface area contributed by atoms with E-state index < -0.39 is 36.9 Å². The van der Waals surface area contributed by atoms with E-state index in [-0.39, 0.29) is 17.5 Å². The van der Waals surface area contributed by atoms with E-state index in [1.807, 2.05) is 0 Å². The van der Waals surface area contributed by atoms with Crippen LogP contribution in [0.15, 0.2) is 41.0 Å². The number of aliphatic hydroxyl groups is 1. The van der Waals surface area contributed by atoms with Crippen molar-refractivity contribution < 1.29 is 33.3 Å². The van der Waals surface area contributed by atoms with Gasteiger partial charge in [-0.25, -0.2) is 0 Å². The largest absolute Gasteiger partial charge is 0.464 e. The number of aliphatic hydroxyl groups excluding tert-OH is 1. The van der Waals surface area contributed by atoms with Crippen molar-refractivity contribution in [1.82, 2.24) is 5.32 Å². The smallest absolute Gasteiger partial charge is 0.223 e. The Bertz CT molecular complexity index is 862. The van der Waals surface area contributed by atoms with Crippen LogP contribution in [0.25, 0.3) is 0 Å². The van der Waals surface area contributed by atoms with Crippen LogP contribution in [-0.2, 0) is 19.0 Å². The number of carbonyl (C=O) groups is 1. The van der Waals surface area contributed by atoms with E-state index in [0.717, 1.165) is 0 Å². The third-order valence-corrected chi connectivity index (χ3v) is 5.18. The number of furan rings is 1. The molecule has 0 bridgehead atoms. The summed E-state index contributed by atoms with van der Waals surface area (Å²) in [6.07, 6.45) is -2.84. The predicted molar refractivity (Wildman–Crippen MR) is 102 cm³/mol. The van der Waals surface area contributed by atoms with Gasteiger partial charge < -0.3 is 33.8 Å². The molecule has 6 atom stereocenters. The molecule has 2 saturated heterocycles. The van der Waals surface area contributed by atoms with Gasteiger partial charge in [-0.3, -0.25) is 4.79 Å². The van der Waals surface area contributed by atoms with Gasteiger partial charge in [0.05, 0.1) is 17.9 Å². The molecular weight excluding hydrogens is 425 g/mol. The molecule has 10 heteroatoms. The Hall–Kier alpha value is -1.81. The summed E-state index contributed by atoms with van der Waals surface area (Å²) in [5.74, 6) is 0.410. The third kappa shape index (κ3) is 4.37. The van der Waals surface area contributed by atoms with Crippen LogP contribution >= 0.6 is 23.2 Å². The van der Waals surface area contributed by atoms with Crippen LogP contribution in [0.3, 0.4) is 0 Å². The van der Waals surface area contributed by atoms with Gasteiger partial charge in [-0.2, -0.15) is 0 Å². The summed E-state index contributed by atoms with van der Waals surface area (Å²) in [7, 11) is 0. The van der Waals surface area contributed by atoms with Gasteiger partial charge in [0.2, 0.25) is 18.5 Å². The Morgan fingerprint density at radius 3 is 2.79 bits per heavy atom. The van der Waals surface area contributed by atoms with Crippen LogP contribution in [0.5, 0.6) is 5.75 Å². The summed E-state index contributed by atoms with van der Waals surface area (Å²) in [5.41, 5.74) is 0. The maximum absolute atomic E-state index is 11.7. The highest BCUT2D eigenvalue weighted by Gasteiger charge is 2.51. The lowest BCUT2D eigenvalue weighted by Gasteiger charge is -2.47. The zero-order valence-corrected chi connectivity index (χ0v) is 16.8. The molecule has 2 aliphatic heterocycles. The maximum atomic E-state index is 11.7. The van der Waals surface area contributed by atoms with E-state index in [1.54, 1.807) is 24.3 Å². The van der Waals surface area contributed by atoms with Crippen LogP contribution in [0, 0.1) is 0 Å². The van der Waals surface area contributed by atoms with Crippen molar-refractivity contribution in [2.45, 2.75) is 43.9 Å². The number of benzene rings is 1. The molecule has 1 aromatic heterocycles. The molecule has 0 saturated carbocycles. The standard InChI is InChI=1S/C19H19Cl2NO7/c1-9(23)22-15-16(24)17-14(8-26-18(29-17)13-3-2-6-25-13)28-19(15)27-12-5-4-10(20)7-11(12)21/h2-7,14-19,24H,8H2,1H3,(H,22,23). The van der Waals surface area contributed by atoms with Gasteiger partial charge in [0.1, 0.15) is 30.1 Å². The first-order chi connectivity index (χ1) is 13.9. The van der Waals surface area contributed by atoms with Crippen molar-refractivity contribution in [1.29, 1.82) is 0 Å². The number of hydrogen-bond acceptors (Lipinski definition) is 7. The lowest BCUT2D eigenvalue weighted by molar-refractivity contribution is -0.336. The monoisotopic (exact) mass is 443 g/mol. The van der Waals surface area contributed by atoms with Gasteiger partial charge in [0, 0.05) is 11.9 Å². The Morgan fingerprint density at radius 2 is 2.10 bits per heavy atom. The van der Waals surface area contributed by atoms with Gasteiger partial charge >= 0.3 is 0 Å². The molecule has 2 N–H and O–H groups in total. The van der Waals surface area contributed by atoms with Crippen molar-refractivity contribution in [3.05, 3.63) is 52.4 Å². The Morgan fingerprint density at radius 1 is 1.28 bits per heavy atom. The molecule has 29 heavy (non-hydrogen) atoms. The van der Waals surface area contributed by atoms with Gasteiger partial charge in [0.15, 0.2) is 5.76 Å². The minimum absolute atomic E-state index is 0.133. The molecule has 1 aromatic carbocycles. The maximum Gasteiger partial charge on any atom is 0.223 e. The minimum atomic E-state index is -1.13. The van der Waals surface area contributed by atoms with E-state index >= 15 is 0 Å². The molecule has 156 valence electrons. The lowest BCUT2D eigenvalue weighted by atomic mass is 9.96. The molecular formula is C19H19Cl2NO7. The van der Waals surface area contributed by atoms with Crippen LogP contribution in [0.1, 0.15) is 19.0 Å². The third-order valence-electron chi connectivity index (χ3n) is 4.65. The lowest BCUT2D eigenvalue weighted by Crippen LogP contribution is -2.67. The van der Waals surface area contributed by atoms with Crippen LogP contribution < -0.4 is 10.1 Å². The van der Waals surface area contributed by atoms with E-state index in [9.17, 15) is 9.90 Å². The van der Waals surface area contributed by atoms with E-state index in [0.29, 0.717) is 16.5 Å². The Balaban J connectivity index is 1.55. The topological polar surface area (TPSA) is 99.4 Å². The number of rotatable bonds is 4. The zero-order valence-electron chi connectivity index (χ0n) is 15.3. The second kappa shape index (κ2) is 8.51. The van der Waals surface area contributed by atoms with Gasteiger partial charge in [-0.15, -0.1) is 0 Å². The number of halogens is 2. The molecule has 0 radical (unpaired) electrons. The van der Waals surface area contributed by atoms with Gasteiger partial charge in [-0.1, -0.05) is 23.2 Å². The van der Waals surface area contributed by atoms with Crippen LogP contribution in [0.2, 0.25) is 10.0 Å². The first-order valence-electron chi connectivity index (χ1n) is 8.95. The number of nitrogens with one attached hydrogen (secondary N) is 1. The summed E-state index contributed by atoms with van der Waals surface area (Å²) in [5, 5.41) is 14.3. The highest BCUT2D eigenvalue weighted by molar-refractivity contribution is 6.35. The first-order valence-corrected chi connectivity index (χ1v) is 9.71. The fourth-order valence-corrected chi connectivity index (χ4v) is 3.80. The molecule has 1 amide bonds. The molecule has 0 spiro atoms. The second-order valence-electron chi connectivity index (χ2n) is 6.73. The number of fused-ring (bicyclic) bond motifs is 1. The number of ether oxygens (including phenoxy) is 4. The molecule has 6 unspecified atom stereocenters. The first kappa shape index (κ1) is 20.5. The van der Waals surface area contributed by atoms with Gasteiger partial charge in [0.25, 0.3) is 0 Å². The summed E-state index contributed by atoms with van der Waals surface area (Å²) in [4.78, 5) is 11.7. The summed E-state index contributed by atoms with van der Waals surface area (Å²) >= 11 is 12.1. The van der Waals surface area contributed by atoms with Crippen LogP contribution in [0.4, 0.5) is 0 Å². The van der Waals surface area contributed by atoms with Crippen molar-refractivity contribution in [3.8, 4) is 5.75 Å². The molecule has 8 nitrogen and oxygen atoms in total. The van der Waals surface area contributed by atoms with Crippen molar-refractivity contribution in [2.75, 3.05) is 6.61 Å². The van der Waals surface area contributed by atoms with E-state index in [1.165, 1.54) is 19.3 Å². The number of hydrogen-bond donors (Lipinski definition) is 2. The number of amides is 1. The normalized spacial score (nSPS) is 31.7. The van der Waals surface area contributed by atoms with Crippen molar-refractivity contribution >= 4 is 29.1 Å². The molecule has 2 aromatic rings. The molecule has 2 fully saturated rings. The molecule has 2 aliphatic rings. The number of carbonyl (C=O) groups excluding carboxylic acids is 1. The molecule has 3 heterocycles. The highest BCUT2D eigenvalue weighted by Crippen LogP contribution is 2.36. The van der Waals surface area contributed by atoms with Crippen LogP contribution in [-0.4, -0.2) is 48.3 Å². The second-order valence-corrected chi connectivity index (χ2v) is 7.58. The quantitative estimate of drug-likeness (QED) is 0.748. The van der Waals surface area contributed by atoms with Gasteiger partial charge in [-0.05, 0) is 30.3 Å². The predicted octanol–water partition coefficient (Wildman–Crippen LogP) is 2.67. The van der Waals surface area contributed by atoms with Crippen molar-refractivity contribution in [2.24, 2.45) is 0 Å².